The van der Waals surface area contributed by atoms with Crippen LogP contribution in [-0.4, -0.2) is 61.1 Å². The number of fused-ring (bicyclic) bond motifs is 1. The topological polar surface area (TPSA) is 87.9 Å². The monoisotopic (exact) mass is 332 g/mol. The second kappa shape index (κ2) is 7.09. The van der Waals surface area contributed by atoms with E-state index < -0.39 is 5.91 Å². The Morgan fingerprint density at radius 3 is 2.83 bits per heavy atom. The molecule has 3 amide bonds. The molecule has 0 saturated carbocycles. The Balaban J connectivity index is 1.70. The van der Waals surface area contributed by atoms with E-state index in [1.165, 1.54) is 20.0 Å². The van der Waals surface area contributed by atoms with Crippen LogP contribution in [0.15, 0.2) is 18.2 Å². The van der Waals surface area contributed by atoms with Crippen molar-refractivity contribution in [2.45, 2.75) is 25.3 Å². The highest BCUT2D eigenvalue weighted by Crippen LogP contribution is 2.27. The molecule has 0 aromatic heterocycles. The van der Waals surface area contributed by atoms with E-state index >= 15 is 0 Å². The summed E-state index contributed by atoms with van der Waals surface area (Å²) in [5.41, 5.74) is 6.11. The van der Waals surface area contributed by atoms with E-state index in [1.807, 2.05) is 4.90 Å². The van der Waals surface area contributed by atoms with Crippen LogP contribution in [0.2, 0.25) is 0 Å². The maximum atomic E-state index is 12.6. The molecule has 0 aliphatic carbocycles. The van der Waals surface area contributed by atoms with Crippen molar-refractivity contribution in [1.82, 2.24) is 9.80 Å². The molecule has 1 atom stereocenters. The molecule has 2 fully saturated rings. The Morgan fingerprint density at radius 2 is 2.08 bits per heavy atom. The summed E-state index contributed by atoms with van der Waals surface area (Å²) in [6.45, 7) is 3.50. The van der Waals surface area contributed by atoms with Crippen molar-refractivity contribution in [3.63, 3.8) is 0 Å². The van der Waals surface area contributed by atoms with Crippen molar-refractivity contribution in [3.8, 4) is 5.75 Å². The SMILES string of the molecule is COc1ccc(C(N)=O)cc1NC(=O)N1CCN2CCCC[C@H]2C1. The number of amides is 3. The molecule has 2 aliphatic heterocycles. The van der Waals surface area contributed by atoms with Crippen molar-refractivity contribution in [1.29, 1.82) is 0 Å². The van der Waals surface area contributed by atoms with E-state index in [-0.39, 0.29) is 6.03 Å². The highest BCUT2D eigenvalue weighted by molar-refractivity contribution is 5.97. The summed E-state index contributed by atoms with van der Waals surface area (Å²) in [6.07, 6.45) is 3.62. The van der Waals surface area contributed by atoms with Gasteiger partial charge in [-0.25, -0.2) is 4.79 Å². The molecule has 2 aliphatic rings. The number of hydrogen-bond donors (Lipinski definition) is 2. The van der Waals surface area contributed by atoms with Crippen LogP contribution in [0.4, 0.5) is 10.5 Å². The van der Waals surface area contributed by atoms with Crippen molar-refractivity contribution in [2.75, 3.05) is 38.6 Å². The highest BCUT2D eigenvalue weighted by atomic mass is 16.5. The van der Waals surface area contributed by atoms with Crippen molar-refractivity contribution >= 4 is 17.6 Å². The molecule has 0 spiro atoms. The van der Waals surface area contributed by atoms with Gasteiger partial charge in [-0.05, 0) is 37.6 Å². The molecule has 2 heterocycles. The molecular weight excluding hydrogens is 308 g/mol. The summed E-state index contributed by atoms with van der Waals surface area (Å²) in [4.78, 5) is 28.3. The minimum Gasteiger partial charge on any atom is -0.495 e. The van der Waals surface area contributed by atoms with Gasteiger partial charge in [0.1, 0.15) is 5.75 Å². The van der Waals surface area contributed by atoms with Gasteiger partial charge in [-0.1, -0.05) is 6.42 Å². The minimum absolute atomic E-state index is 0.167. The van der Waals surface area contributed by atoms with Gasteiger partial charge in [0.25, 0.3) is 0 Å². The predicted molar refractivity (Wildman–Crippen MR) is 91.3 cm³/mol. The zero-order valence-electron chi connectivity index (χ0n) is 14.0. The van der Waals surface area contributed by atoms with E-state index in [0.717, 1.165) is 26.1 Å². The van der Waals surface area contributed by atoms with Gasteiger partial charge in [-0.2, -0.15) is 0 Å². The van der Waals surface area contributed by atoms with E-state index in [1.54, 1.807) is 18.2 Å². The second-order valence-electron chi connectivity index (χ2n) is 6.34. The van der Waals surface area contributed by atoms with Gasteiger partial charge in [0.05, 0.1) is 12.8 Å². The molecule has 1 aromatic rings. The van der Waals surface area contributed by atoms with Crippen LogP contribution in [0.1, 0.15) is 29.6 Å². The van der Waals surface area contributed by atoms with Crippen LogP contribution in [-0.2, 0) is 0 Å². The fourth-order valence-electron chi connectivity index (χ4n) is 3.49. The number of nitrogens with one attached hydrogen (secondary N) is 1. The van der Waals surface area contributed by atoms with Gasteiger partial charge < -0.3 is 20.7 Å². The molecule has 3 N–H and O–H groups in total. The summed E-state index contributed by atoms with van der Waals surface area (Å²) >= 11 is 0. The molecular formula is C17H24N4O3. The summed E-state index contributed by atoms with van der Waals surface area (Å²) in [5.74, 6) is -0.0337. The number of carbonyl (C=O) groups excluding carboxylic acids is 2. The average molecular weight is 332 g/mol. The fourth-order valence-corrected chi connectivity index (χ4v) is 3.49. The third-order valence-electron chi connectivity index (χ3n) is 4.85. The fraction of sp³-hybridized carbons (Fsp3) is 0.529. The Labute approximate surface area is 141 Å². The lowest BCUT2D eigenvalue weighted by Gasteiger charge is -2.43. The van der Waals surface area contributed by atoms with Crippen LogP contribution in [0, 0.1) is 0 Å². The molecule has 0 radical (unpaired) electrons. The standard InChI is InChI=1S/C17H24N4O3/c1-24-15-6-5-12(16(18)22)10-14(15)19-17(23)21-9-8-20-7-3-2-4-13(20)11-21/h5-6,10,13H,2-4,7-9,11H2,1H3,(H2,18,22)(H,19,23)/t13-/m0/s1. The highest BCUT2D eigenvalue weighted by Gasteiger charge is 2.31. The first kappa shape index (κ1) is 16.6. The summed E-state index contributed by atoms with van der Waals surface area (Å²) in [5, 5.41) is 2.86. The number of carbonyl (C=O) groups is 2. The van der Waals surface area contributed by atoms with Gasteiger partial charge in [0, 0.05) is 31.2 Å². The summed E-state index contributed by atoms with van der Waals surface area (Å²) in [7, 11) is 1.52. The van der Waals surface area contributed by atoms with E-state index in [4.69, 9.17) is 10.5 Å². The first-order valence-corrected chi connectivity index (χ1v) is 8.36. The number of rotatable bonds is 3. The van der Waals surface area contributed by atoms with Gasteiger partial charge >= 0.3 is 6.03 Å². The quantitative estimate of drug-likeness (QED) is 0.878. The zero-order chi connectivity index (χ0) is 17.1. The van der Waals surface area contributed by atoms with Crippen LogP contribution < -0.4 is 15.8 Å². The molecule has 24 heavy (non-hydrogen) atoms. The van der Waals surface area contributed by atoms with Crippen LogP contribution in [0.3, 0.4) is 0 Å². The third-order valence-corrected chi connectivity index (χ3v) is 4.85. The van der Waals surface area contributed by atoms with Gasteiger partial charge in [-0.15, -0.1) is 0 Å². The Bertz CT molecular complexity index is 634. The smallest absolute Gasteiger partial charge is 0.322 e. The number of methoxy groups -OCH3 is 1. The zero-order valence-corrected chi connectivity index (χ0v) is 14.0. The van der Waals surface area contributed by atoms with E-state index in [0.29, 0.717) is 29.6 Å². The minimum atomic E-state index is -0.538. The number of nitrogens with two attached hydrogens (primary N) is 1. The number of urea groups is 1. The lowest BCUT2D eigenvalue weighted by Crippen LogP contribution is -2.56. The Kier molecular flexibility index (Phi) is 4.89. The number of piperidine rings is 1. The molecule has 0 bridgehead atoms. The maximum absolute atomic E-state index is 12.6. The van der Waals surface area contributed by atoms with Crippen LogP contribution in [0.5, 0.6) is 5.75 Å². The van der Waals surface area contributed by atoms with E-state index in [9.17, 15) is 9.59 Å². The molecule has 130 valence electrons. The largest absolute Gasteiger partial charge is 0.495 e. The average Bonchev–Trinajstić information content (AvgIpc) is 2.61. The number of ether oxygens (including phenoxy) is 1. The first-order valence-electron chi connectivity index (χ1n) is 8.36. The Hall–Kier alpha value is -2.28. The summed E-state index contributed by atoms with van der Waals surface area (Å²) < 4.78 is 5.26. The Morgan fingerprint density at radius 1 is 1.25 bits per heavy atom. The summed E-state index contributed by atoms with van der Waals surface area (Å²) in [6, 6.07) is 5.06. The molecule has 1 aromatic carbocycles. The first-order chi connectivity index (χ1) is 11.6. The third kappa shape index (κ3) is 3.46. The molecule has 3 rings (SSSR count). The molecule has 0 unspecified atom stereocenters. The second-order valence-corrected chi connectivity index (χ2v) is 6.34. The van der Waals surface area contributed by atoms with Crippen molar-refractivity contribution in [3.05, 3.63) is 23.8 Å². The van der Waals surface area contributed by atoms with Crippen molar-refractivity contribution in [2.24, 2.45) is 5.73 Å². The molecule has 2 saturated heterocycles. The lowest BCUT2D eigenvalue weighted by atomic mass is 10.00. The number of nitrogens with zero attached hydrogens (tertiary/aromatic N) is 2. The van der Waals surface area contributed by atoms with Crippen molar-refractivity contribution < 1.29 is 14.3 Å². The molecule has 7 heteroatoms. The van der Waals surface area contributed by atoms with Crippen LogP contribution >= 0.6 is 0 Å². The van der Waals surface area contributed by atoms with E-state index in [2.05, 4.69) is 10.2 Å². The van der Waals surface area contributed by atoms with Crippen LogP contribution in [0.25, 0.3) is 0 Å². The normalized spacial score (nSPS) is 21.0. The maximum Gasteiger partial charge on any atom is 0.322 e. The number of hydrogen-bond acceptors (Lipinski definition) is 4. The van der Waals surface area contributed by atoms with Gasteiger partial charge in [-0.3, -0.25) is 9.69 Å². The molecule has 7 nitrogen and oxygen atoms in total. The van der Waals surface area contributed by atoms with Gasteiger partial charge in [0.15, 0.2) is 0 Å². The predicted octanol–water partition coefficient (Wildman–Crippen LogP) is 1.50. The van der Waals surface area contributed by atoms with Gasteiger partial charge in [0.2, 0.25) is 5.91 Å². The lowest BCUT2D eigenvalue weighted by molar-refractivity contribution is 0.0678. The number of piperazine rings is 1. The number of benzene rings is 1. The number of anilines is 1. The number of primary amides is 1.